The highest BCUT2D eigenvalue weighted by Crippen LogP contribution is 2.31. The maximum atomic E-state index is 11.0. The Kier molecular flexibility index (Phi) is 4.07. The molecule has 0 saturated heterocycles. The summed E-state index contributed by atoms with van der Waals surface area (Å²) in [4.78, 5) is 12.4. The van der Waals surface area contributed by atoms with Gasteiger partial charge in [-0.05, 0) is 35.8 Å². The zero-order chi connectivity index (χ0) is 12.3. The van der Waals surface area contributed by atoms with E-state index in [0.717, 1.165) is 12.0 Å². The van der Waals surface area contributed by atoms with Gasteiger partial charge in [0.15, 0.2) is 0 Å². The number of nitrogens with one attached hydrogen (secondary N) is 1. The molecular weight excluding hydrogens is 234 g/mol. The predicted octanol–water partition coefficient (Wildman–Crippen LogP) is 1.89. The van der Waals surface area contributed by atoms with Crippen LogP contribution in [0.2, 0.25) is 0 Å². The van der Waals surface area contributed by atoms with Crippen LogP contribution in [-0.4, -0.2) is 23.4 Å². The number of aliphatic hydroxyl groups is 1. The van der Waals surface area contributed by atoms with Gasteiger partial charge in [-0.3, -0.25) is 4.79 Å². The third-order valence-corrected chi connectivity index (χ3v) is 4.10. The Morgan fingerprint density at radius 2 is 2.41 bits per heavy atom. The SMILES string of the molecule is CC(=O)NC(CO)c1ccc2c(c1)CCCS2. The third-order valence-electron chi connectivity index (χ3n) is 2.89. The molecule has 1 unspecified atom stereocenters. The van der Waals surface area contributed by atoms with Crippen molar-refractivity contribution in [1.82, 2.24) is 5.32 Å². The minimum absolute atomic E-state index is 0.0640. The molecule has 1 atom stereocenters. The topological polar surface area (TPSA) is 49.3 Å². The second-order valence-electron chi connectivity index (χ2n) is 4.25. The van der Waals surface area contributed by atoms with Crippen LogP contribution in [-0.2, 0) is 11.2 Å². The van der Waals surface area contributed by atoms with Crippen molar-refractivity contribution in [3.8, 4) is 0 Å². The molecule has 1 amide bonds. The molecule has 0 bridgehead atoms. The molecule has 1 aliphatic heterocycles. The van der Waals surface area contributed by atoms with Crippen molar-refractivity contribution in [2.45, 2.75) is 30.7 Å². The lowest BCUT2D eigenvalue weighted by molar-refractivity contribution is -0.120. The minimum Gasteiger partial charge on any atom is -0.394 e. The molecule has 92 valence electrons. The fraction of sp³-hybridized carbons (Fsp3) is 0.462. The molecule has 2 N–H and O–H groups in total. The van der Waals surface area contributed by atoms with Crippen molar-refractivity contribution in [3.63, 3.8) is 0 Å². The molecule has 1 aliphatic rings. The van der Waals surface area contributed by atoms with Gasteiger partial charge in [0.1, 0.15) is 0 Å². The zero-order valence-electron chi connectivity index (χ0n) is 9.90. The van der Waals surface area contributed by atoms with Crippen LogP contribution in [0, 0.1) is 0 Å². The second-order valence-corrected chi connectivity index (χ2v) is 5.39. The molecule has 0 fully saturated rings. The van der Waals surface area contributed by atoms with Gasteiger partial charge in [0, 0.05) is 11.8 Å². The van der Waals surface area contributed by atoms with Gasteiger partial charge in [-0.15, -0.1) is 11.8 Å². The van der Waals surface area contributed by atoms with Crippen LogP contribution < -0.4 is 5.32 Å². The summed E-state index contributed by atoms with van der Waals surface area (Å²) in [6.45, 7) is 1.41. The van der Waals surface area contributed by atoms with Gasteiger partial charge in [-0.25, -0.2) is 0 Å². The molecular formula is C13H17NO2S. The molecule has 0 aliphatic carbocycles. The highest BCUT2D eigenvalue weighted by atomic mass is 32.2. The number of aliphatic hydroxyl groups excluding tert-OH is 1. The monoisotopic (exact) mass is 251 g/mol. The fourth-order valence-corrected chi connectivity index (χ4v) is 3.10. The van der Waals surface area contributed by atoms with Gasteiger partial charge < -0.3 is 10.4 Å². The van der Waals surface area contributed by atoms with Gasteiger partial charge in [-0.1, -0.05) is 12.1 Å². The first-order valence-electron chi connectivity index (χ1n) is 5.84. The number of carbonyl (C=O) groups is 1. The fourth-order valence-electron chi connectivity index (χ4n) is 2.08. The quantitative estimate of drug-likeness (QED) is 0.862. The summed E-state index contributed by atoms with van der Waals surface area (Å²) < 4.78 is 0. The van der Waals surface area contributed by atoms with E-state index >= 15 is 0 Å². The molecule has 0 spiro atoms. The summed E-state index contributed by atoms with van der Waals surface area (Å²) in [6.07, 6.45) is 2.29. The number of aryl methyl sites for hydroxylation is 1. The van der Waals surface area contributed by atoms with E-state index < -0.39 is 0 Å². The first kappa shape index (κ1) is 12.5. The van der Waals surface area contributed by atoms with Crippen molar-refractivity contribution < 1.29 is 9.90 Å². The first-order valence-corrected chi connectivity index (χ1v) is 6.83. The standard InChI is InChI=1S/C13H17NO2S/c1-9(16)14-12(8-15)10-4-5-13-11(7-10)3-2-6-17-13/h4-5,7,12,15H,2-3,6,8H2,1H3,(H,14,16). The van der Waals surface area contributed by atoms with Crippen LogP contribution in [0.3, 0.4) is 0 Å². The number of hydrogen-bond donors (Lipinski definition) is 2. The van der Waals surface area contributed by atoms with Gasteiger partial charge in [0.2, 0.25) is 5.91 Å². The average molecular weight is 251 g/mol. The number of fused-ring (bicyclic) bond motifs is 1. The molecule has 3 nitrogen and oxygen atoms in total. The third kappa shape index (κ3) is 3.01. The molecule has 2 rings (SSSR count). The lowest BCUT2D eigenvalue weighted by Gasteiger charge is -2.20. The van der Waals surface area contributed by atoms with E-state index in [0.29, 0.717) is 0 Å². The smallest absolute Gasteiger partial charge is 0.217 e. The summed E-state index contributed by atoms with van der Waals surface area (Å²) in [5.74, 6) is 1.07. The predicted molar refractivity (Wildman–Crippen MR) is 69.1 cm³/mol. The van der Waals surface area contributed by atoms with Crippen molar-refractivity contribution in [2.75, 3.05) is 12.4 Å². The molecule has 1 aromatic rings. The summed E-state index contributed by atoms with van der Waals surface area (Å²) in [7, 11) is 0. The van der Waals surface area contributed by atoms with Crippen LogP contribution in [0.15, 0.2) is 23.1 Å². The molecule has 4 heteroatoms. The van der Waals surface area contributed by atoms with Crippen LogP contribution in [0.4, 0.5) is 0 Å². The lowest BCUT2D eigenvalue weighted by Crippen LogP contribution is -2.28. The Labute approximate surface area is 106 Å². The molecule has 1 heterocycles. The largest absolute Gasteiger partial charge is 0.394 e. The molecule has 17 heavy (non-hydrogen) atoms. The summed E-state index contributed by atoms with van der Waals surface area (Å²) in [5, 5.41) is 12.1. The Bertz CT molecular complexity index is 420. The first-order chi connectivity index (χ1) is 8.20. The Hall–Kier alpha value is -1.00. The number of benzene rings is 1. The molecule has 0 saturated carbocycles. The van der Waals surface area contributed by atoms with Crippen molar-refractivity contribution in [2.24, 2.45) is 0 Å². The average Bonchev–Trinajstić information content (AvgIpc) is 2.35. The van der Waals surface area contributed by atoms with Crippen LogP contribution >= 0.6 is 11.8 Å². The highest BCUT2D eigenvalue weighted by molar-refractivity contribution is 7.99. The van der Waals surface area contributed by atoms with Crippen LogP contribution in [0.25, 0.3) is 0 Å². The zero-order valence-corrected chi connectivity index (χ0v) is 10.7. The number of thioether (sulfide) groups is 1. The van der Waals surface area contributed by atoms with Crippen molar-refractivity contribution >= 4 is 17.7 Å². The highest BCUT2D eigenvalue weighted by Gasteiger charge is 2.15. The number of hydrogen-bond acceptors (Lipinski definition) is 3. The van der Waals surface area contributed by atoms with E-state index in [4.69, 9.17) is 0 Å². The summed E-state index contributed by atoms with van der Waals surface area (Å²) >= 11 is 1.88. The summed E-state index contributed by atoms with van der Waals surface area (Å²) in [5.41, 5.74) is 2.33. The number of amides is 1. The Balaban J connectivity index is 2.22. The second kappa shape index (κ2) is 5.56. The van der Waals surface area contributed by atoms with E-state index in [9.17, 15) is 9.90 Å². The molecule has 0 aromatic heterocycles. The van der Waals surface area contributed by atoms with E-state index in [1.54, 1.807) is 0 Å². The summed E-state index contributed by atoms with van der Waals surface area (Å²) in [6, 6.07) is 5.91. The normalized spacial score (nSPS) is 16.1. The number of rotatable bonds is 3. The van der Waals surface area contributed by atoms with E-state index in [1.807, 2.05) is 17.8 Å². The van der Waals surface area contributed by atoms with Gasteiger partial charge in [-0.2, -0.15) is 0 Å². The Morgan fingerprint density at radius 3 is 3.12 bits per heavy atom. The van der Waals surface area contributed by atoms with E-state index in [1.165, 1.54) is 29.6 Å². The maximum Gasteiger partial charge on any atom is 0.217 e. The van der Waals surface area contributed by atoms with Crippen molar-refractivity contribution in [1.29, 1.82) is 0 Å². The van der Waals surface area contributed by atoms with Gasteiger partial charge in [0.05, 0.1) is 12.6 Å². The van der Waals surface area contributed by atoms with Crippen LogP contribution in [0.5, 0.6) is 0 Å². The van der Waals surface area contributed by atoms with Gasteiger partial charge >= 0.3 is 0 Å². The van der Waals surface area contributed by atoms with Gasteiger partial charge in [0.25, 0.3) is 0 Å². The van der Waals surface area contributed by atoms with Crippen molar-refractivity contribution in [3.05, 3.63) is 29.3 Å². The molecule has 1 aromatic carbocycles. The van der Waals surface area contributed by atoms with E-state index in [-0.39, 0.29) is 18.6 Å². The lowest BCUT2D eigenvalue weighted by atomic mass is 10.0. The number of carbonyl (C=O) groups excluding carboxylic acids is 1. The maximum absolute atomic E-state index is 11.0. The van der Waals surface area contributed by atoms with Crippen LogP contribution in [0.1, 0.15) is 30.5 Å². The van der Waals surface area contributed by atoms with E-state index in [2.05, 4.69) is 17.4 Å². The Morgan fingerprint density at radius 1 is 1.59 bits per heavy atom. The minimum atomic E-state index is -0.287. The molecule has 0 radical (unpaired) electrons.